The minimum Gasteiger partial charge on any atom is -0.463 e. The van der Waals surface area contributed by atoms with Crippen LogP contribution < -0.4 is 0 Å². The third-order valence-electron chi connectivity index (χ3n) is 22.6. The summed E-state index contributed by atoms with van der Waals surface area (Å²) in [4.78, 5) is 59.3. The van der Waals surface area contributed by atoms with Gasteiger partial charge in [-0.25, -0.2) is 9.13 Å². The number of carbonyl (C=O) groups is 3. The van der Waals surface area contributed by atoms with Gasteiger partial charge in [-0.15, -0.1) is 0 Å². The molecule has 0 aliphatic rings. The smallest absolute Gasteiger partial charge is 0.463 e. The molecular formula is C113H194O16P2. The summed E-state index contributed by atoms with van der Waals surface area (Å²) in [5.74, 6) is -1.56. The van der Waals surface area contributed by atoms with Crippen molar-refractivity contribution < 1.29 is 75.8 Å². The van der Waals surface area contributed by atoms with E-state index in [1.165, 1.54) is 231 Å². The minimum absolute atomic E-state index is 0.100. The molecule has 5 unspecified atom stereocenters. The van der Waals surface area contributed by atoms with Gasteiger partial charge in [-0.1, -0.05) is 460 Å². The number of rotatable bonds is 100. The van der Waals surface area contributed by atoms with E-state index in [1.807, 2.05) is 0 Å². The summed E-state index contributed by atoms with van der Waals surface area (Å²) in [5.41, 5.74) is 0. The number of unbranched alkanes of at least 4 members (excludes halogenated alkanes) is 47. The monoisotopic (exact) mass is 1870 g/mol. The Morgan fingerprint density at radius 3 is 0.641 bits per heavy atom. The fraction of sp³-hybridized carbons (Fsp3) is 0.708. The first-order valence-electron chi connectivity index (χ1n) is 53.1. The molecule has 0 radical (unpaired) electrons. The van der Waals surface area contributed by atoms with E-state index in [-0.39, 0.29) is 19.3 Å². The van der Waals surface area contributed by atoms with E-state index >= 15 is 0 Å². The molecular weight excluding hydrogens is 1680 g/mol. The van der Waals surface area contributed by atoms with E-state index in [2.05, 4.69) is 203 Å². The molecule has 0 saturated heterocycles. The first-order chi connectivity index (χ1) is 64.2. The number of aliphatic hydroxyl groups is 2. The molecule has 0 aliphatic carbocycles. The summed E-state index contributed by atoms with van der Waals surface area (Å²) in [7, 11) is -9.82. The molecule has 0 aliphatic heterocycles. The molecule has 16 nitrogen and oxygen atoms in total. The Hall–Kier alpha value is -5.35. The van der Waals surface area contributed by atoms with E-state index in [0.717, 1.165) is 167 Å². The number of hydrogen-bond donors (Lipinski definition) is 4. The second-order valence-corrected chi connectivity index (χ2v) is 38.2. The normalized spacial score (nSPS) is 14.3. The number of carbonyl (C=O) groups excluding carboxylic acids is 3. The Labute approximate surface area is 802 Å². The summed E-state index contributed by atoms with van der Waals surface area (Å²) in [6.45, 7) is 2.51. The predicted molar refractivity (Wildman–Crippen MR) is 555 cm³/mol. The lowest BCUT2D eigenvalue weighted by molar-refractivity contribution is -0.161. The van der Waals surface area contributed by atoms with Crippen molar-refractivity contribution in [1.29, 1.82) is 0 Å². The Kier molecular flexibility index (Phi) is 99.3. The molecule has 0 bridgehead atoms. The van der Waals surface area contributed by atoms with E-state index < -0.39 is 91.5 Å². The largest absolute Gasteiger partial charge is 0.472 e. The first kappa shape index (κ1) is 126. The van der Waals surface area contributed by atoms with Gasteiger partial charge in [0, 0.05) is 19.3 Å². The first-order valence-corrected chi connectivity index (χ1v) is 56.1. The Balaban J connectivity index is 4.61. The van der Waals surface area contributed by atoms with Gasteiger partial charge in [-0.2, -0.15) is 0 Å². The van der Waals surface area contributed by atoms with Gasteiger partial charge in [0.15, 0.2) is 6.10 Å². The van der Waals surface area contributed by atoms with Crippen molar-refractivity contribution in [3.05, 3.63) is 182 Å². The fourth-order valence-electron chi connectivity index (χ4n) is 14.7. The zero-order chi connectivity index (χ0) is 95.0. The molecule has 0 aromatic rings. The van der Waals surface area contributed by atoms with Crippen molar-refractivity contribution >= 4 is 33.6 Å². The number of allylic oxidation sites excluding steroid dienone is 30. The molecule has 0 amide bonds. The van der Waals surface area contributed by atoms with Crippen LogP contribution in [0.3, 0.4) is 0 Å². The maximum absolute atomic E-state index is 13.1. The average Bonchev–Trinajstić information content (AvgIpc) is 0.899. The summed E-state index contributed by atoms with van der Waals surface area (Å²) < 4.78 is 61.8. The highest BCUT2D eigenvalue weighted by molar-refractivity contribution is 7.47. The maximum Gasteiger partial charge on any atom is 0.472 e. The number of phosphoric ester groups is 2. The summed E-state index contributed by atoms with van der Waals surface area (Å²) in [5, 5.41) is 20.8. The zero-order valence-electron chi connectivity index (χ0n) is 83.5. The van der Waals surface area contributed by atoms with Crippen LogP contribution in [0.25, 0.3) is 0 Å². The van der Waals surface area contributed by atoms with Crippen LogP contribution in [-0.2, 0) is 55.8 Å². The lowest BCUT2D eigenvalue weighted by atomic mass is 10.0. The Morgan fingerprint density at radius 1 is 0.221 bits per heavy atom. The maximum atomic E-state index is 13.1. The minimum atomic E-state index is -4.95. The number of aliphatic hydroxyl groups excluding tert-OH is 2. The van der Waals surface area contributed by atoms with Crippen molar-refractivity contribution in [2.24, 2.45) is 0 Å². The quantitative estimate of drug-likeness (QED) is 0.0146. The van der Waals surface area contributed by atoms with Gasteiger partial charge in [0.2, 0.25) is 0 Å². The van der Waals surface area contributed by atoms with Crippen LogP contribution in [0, 0.1) is 0 Å². The second-order valence-electron chi connectivity index (χ2n) is 35.3. The molecule has 0 heterocycles. The van der Waals surface area contributed by atoms with Gasteiger partial charge in [0.05, 0.1) is 26.4 Å². The summed E-state index contributed by atoms with van der Waals surface area (Å²) in [6, 6.07) is 0. The SMILES string of the molecule is CC/C=C\C/C=C\C/C=C\C/C=C\C/C=C\C/C=C\CCCCCCCCCCCCCCCCC(=O)OCC(O)COP(=O)(O)OCC(O)COP(=O)(O)OCC(COC(=O)CCCCCCCCCCCCCCCCCCC/C=C\C/C=C\C/C=C\C/C=C\CCCCC)OC(=O)CCCCCCCCCCCCCCC/C=C\C/C=C\C/C=C\C/C=C\C/C=C\CC. The zero-order valence-corrected chi connectivity index (χ0v) is 85.2. The molecule has 5 atom stereocenters. The molecule has 0 rings (SSSR count). The molecule has 0 aromatic carbocycles. The molecule has 0 saturated carbocycles. The topological polar surface area (TPSA) is 231 Å². The van der Waals surface area contributed by atoms with E-state index in [0.29, 0.717) is 19.3 Å². The van der Waals surface area contributed by atoms with Crippen molar-refractivity contribution in [3.8, 4) is 0 Å². The Bertz CT molecular complexity index is 3110. The molecule has 0 spiro atoms. The molecule has 131 heavy (non-hydrogen) atoms. The molecule has 18 heteroatoms. The van der Waals surface area contributed by atoms with Crippen molar-refractivity contribution in [1.82, 2.24) is 0 Å². The highest BCUT2D eigenvalue weighted by Gasteiger charge is 2.30. The van der Waals surface area contributed by atoms with Crippen LogP contribution in [0.1, 0.15) is 457 Å². The lowest BCUT2D eigenvalue weighted by Gasteiger charge is -2.21. The third kappa shape index (κ3) is 105. The molecule has 0 aromatic heterocycles. The van der Waals surface area contributed by atoms with Gasteiger partial charge in [0.1, 0.15) is 25.4 Å². The lowest BCUT2D eigenvalue weighted by Crippen LogP contribution is -2.30. The van der Waals surface area contributed by atoms with E-state index in [1.54, 1.807) is 0 Å². The predicted octanol–water partition coefficient (Wildman–Crippen LogP) is 33.9. The van der Waals surface area contributed by atoms with Gasteiger partial charge in [0.25, 0.3) is 0 Å². The standard InChI is InChI=1S/C113H194O16P2/c1-4-7-10-13-16-19-22-25-28-31-34-37-40-43-46-49-51-53-55-58-60-63-66-69-72-75-78-81-84-87-90-93-96-99-111(116)123-102-108(114)103-125-130(119,120)126-104-109(115)105-127-131(121,122)128-107-110(129-113(118)101-98-95-92-89-86-83-80-77-74-71-68-65-62-57-48-45-42-39-36-33-30-27-24-21-18-15-12-9-6-3)106-124-112(117)100-97-94-91-88-85-82-79-76-73-70-67-64-61-59-56-54-52-50-47-44-41-38-35-32-29-26-23-20-17-14-11-8-5-2/h7,9-10,12,16-21,25-30,34-39,43-48,51,53,108-110,114-115H,4-6,8,11,13-15,22-24,31-33,40-42,49-50,52,54-107H2,1-3H3,(H,119,120)(H,121,122)/b10-7-,12-9-,19-16-,20-17-,21-18-,28-25-,29-26-,30-27-,37-34-,38-35-,39-36-,46-43-,47-44-,48-45-,53-51-. The molecule has 4 N–H and O–H groups in total. The second kappa shape index (κ2) is 104. The van der Waals surface area contributed by atoms with Crippen molar-refractivity contribution in [2.45, 2.75) is 476 Å². The van der Waals surface area contributed by atoms with Crippen LogP contribution in [-0.4, -0.2) is 95.9 Å². The molecule has 0 fully saturated rings. The number of ether oxygens (including phenoxy) is 3. The van der Waals surface area contributed by atoms with E-state index in [4.69, 9.17) is 32.3 Å². The van der Waals surface area contributed by atoms with Crippen LogP contribution in [0.5, 0.6) is 0 Å². The van der Waals surface area contributed by atoms with Gasteiger partial charge in [-0.05, 0) is 161 Å². The Morgan fingerprint density at radius 2 is 0.405 bits per heavy atom. The van der Waals surface area contributed by atoms with Crippen LogP contribution >= 0.6 is 15.6 Å². The van der Waals surface area contributed by atoms with Crippen LogP contribution in [0.15, 0.2) is 182 Å². The summed E-state index contributed by atoms with van der Waals surface area (Å²) in [6.07, 6.45) is 138. The highest BCUT2D eigenvalue weighted by Crippen LogP contribution is 2.45. The summed E-state index contributed by atoms with van der Waals surface area (Å²) >= 11 is 0. The van der Waals surface area contributed by atoms with Crippen LogP contribution in [0.2, 0.25) is 0 Å². The van der Waals surface area contributed by atoms with Crippen molar-refractivity contribution in [3.63, 3.8) is 0 Å². The number of hydrogen-bond acceptors (Lipinski definition) is 14. The van der Waals surface area contributed by atoms with Crippen molar-refractivity contribution in [2.75, 3.05) is 39.6 Å². The molecule has 752 valence electrons. The van der Waals surface area contributed by atoms with Gasteiger partial charge in [-0.3, -0.25) is 32.5 Å². The van der Waals surface area contributed by atoms with Gasteiger partial charge < -0.3 is 34.2 Å². The fourth-order valence-corrected chi connectivity index (χ4v) is 16.2. The van der Waals surface area contributed by atoms with Gasteiger partial charge >= 0.3 is 33.6 Å². The third-order valence-corrected chi connectivity index (χ3v) is 24.5. The van der Waals surface area contributed by atoms with E-state index in [9.17, 15) is 43.5 Å². The highest BCUT2D eigenvalue weighted by atomic mass is 31.2. The number of esters is 3. The average molecular weight is 1870 g/mol. The van der Waals surface area contributed by atoms with Crippen LogP contribution in [0.4, 0.5) is 0 Å². The number of phosphoric acid groups is 2.